The number of aromatic nitrogens is 1. The van der Waals surface area contributed by atoms with E-state index in [1.807, 2.05) is 30.3 Å². The zero-order valence-electron chi connectivity index (χ0n) is 14.1. The van der Waals surface area contributed by atoms with Gasteiger partial charge in [-0.2, -0.15) is 0 Å². The summed E-state index contributed by atoms with van der Waals surface area (Å²) >= 11 is 0. The van der Waals surface area contributed by atoms with Crippen LogP contribution in [-0.2, 0) is 0 Å². The number of carbonyl (C=O) groups excluding carboxylic acids is 1. The molecule has 1 aromatic carbocycles. The predicted octanol–water partition coefficient (Wildman–Crippen LogP) is 3.04. The number of hydrogen-bond donors (Lipinski definition) is 1. The number of piperidine rings is 1. The zero-order valence-corrected chi connectivity index (χ0v) is 14.9. The number of amides is 1. The fourth-order valence-electron chi connectivity index (χ4n) is 3.61. The van der Waals surface area contributed by atoms with Gasteiger partial charge in [0.1, 0.15) is 5.82 Å². The van der Waals surface area contributed by atoms with Crippen molar-refractivity contribution in [2.45, 2.75) is 18.9 Å². The molecule has 5 rings (SSSR count). The van der Waals surface area contributed by atoms with E-state index in [0.29, 0.717) is 11.6 Å². The first-order valence-electron chi connectivity index (χ1n) is 8.61. The second-order valence-electron chi connectivity index (χ2n) is 6.49. The SMILES string of the molecule is Cl.O=C(Nc1ccc(N2CCN3CCC2CC3)nc1)c1ccccc1. The maximum atomic E-state index is 12.2. The van der Waals surface area contributed by atoms with E-state index < -0.39 is 0 Å². The second-order valence-corrected chi connectivity index (χ2v) is 6.49. The highest BCUT2D eigenvalue weighted by Crippen LogP contribution is 2.26. The number of rotatable bonds is 3. The first kappa shape index (κ1) is 17.7. The summed E-state index contributed by atoms with van der Waals surface area (Å²) in [4.78, 5) is 21.8. The van der Waals surface area contributed by atoms with Gasteiger partial charge in [-0.15, -0.1) is 12.4 Å². The Morgan fingerprint density at radius 2 is 1.76 bits per heavy atom. The molecule has 6 heteroatoms. The van der Waals surface area contributed by atoms with Gasteiger partial charge in [0.25, 0.3) is 5.91 Å². The molecule has 0 spiro atoms. The van der Waals surface area contributed by atoms with Crippen molar-refractivity contribution in [1.29, 1.82) is 0 Å². The smallest absolute Gasteiger partial charge is 0.255 e. The average Bonchev–Trinajstić information content (AvgIpc) is 2.97. The van der Waals surface area contributed by atoms with Crippen molar-refractivity contribution in [2.24, 2.45) is 0 Å². The van der Waals surface area contributed by atoms with Gasteiger partial charge in [0, 0.05) is 37.8 Å². The van der Waals surface area contributed by atoms with E-state index in [4.69, 9.17) is 0 Å². The molecule has 3 aliphatic heterocycles. The molecule has 0 aliphatic carbocycles. The van der Waals surface area contributed by atoms with Gasteiger partial charge in [-0.05, 0) is 37.1 Å². The van der Waals surface area contributed by atoms with Crippen LogP contribution in [0.4, 0.5) is 11.5 Å². The number of pyridine rings is 1. The lowest BCUT2D eigenvalue weighted by molar-refractivity contribution is 0.102. The van der Waals surface area contributed by atoms with Crippen LogP contribution < -0.4 is 10.2 Å². The predicted molar refractivity (Wildman–Crippen MR) is 103 cm³/mol. The minimum atomic E-state index is -0.105. The molecule has 4 heterocycles. The standard InChI is InChI=1S/C19H22N4O.ClH/c24-19(15-4-2-1-3-5-15)21-16-6-7-18(20-14-16)23-13-12-22-10-8-17(23)9-11-22;/h1-7,14,17H,8-13H2,(H,21,24);1H. The quantitative estimate of drug-likeness (QED) is 0.916. The van der Waals surface area contributed by atoms with Crippen molar-refractivity contribution in [2.75, 3.05) is 36.4 Å². The van der Waals surface area contributed by atoms with Gasteiger partial charge in [-0.3, -0.25) is 4.79 Å². The second kappa shape index (κ2) is 7.85. The van der Waals surface area contributed by atoms with Crippen LogP contribution >= 0.6 is 12.4 Å². The van der Waals surface area contributed by atoms with Crippen LogP contribution in [0.5, 0.6) is 0 Å². The first-order chi connectivity index (χ1) is 11.8. The summed E-state index contributed by atoms with van der Waals surface area (Å²) < 4.78 is 0. The van der Waals surface area contributed by atoms with E-state index in [1.165, 1.54) is 25.9 Å². The summed E-state index contributed by atoms with van der Waals surface area (Å²) in [6.07, 6.45) is 4.19. The molecule has 3 fully saturated rings. The highest BCUT2D eigenvalue weighted by Gasteiger charge is 2.29. The number of nitrogens with zero attached hydrogens (tertiary/aromatic N) is 3. The molecule has 0 unspecified atom stereocenters. The fraction of sp³-hybridized carbons (Fsp3) is 0.368. The van der Waals surface area contributed by atoms with Gasteiger partial charge in [-0.25, -0.2) is 4.98 Å². The third kappa shape index (κ3) is 3.94. The van der Waals surface area contributed by atoms with Crippen LogP contribution in [-0.4, -0.2) is 48.0 Å². The number of carbonyl (C=O) groups is 1. The first-order valence-corrected chi connectivity index (χ1v) is 8.61. The summed E-state index contributed by atoms with van der Waals surface area (Å²) in [5.41, 5.74) is 1.38. The van der Waals surface area contributed by atoms with Crippen molar-refractivity contribution in [3.05, 3.63) is 54.2 Å². The maximum Gasteiger partial charge on any atom is 0.255 e. The van der Waals surface area contributed by atoms with Crippen molar-refractivity contribution in [3.63, 3.8) is 0 Å². The molecule has 3 saturated heterocycles. The maximum absolute atomic E-state index is 12.2. The van der Waals surface area contributed by atoms with E-state index >= 15 is 0 Å². The largest absolute Gasteiger partial charge is 0.352 e. The number of nitrogens with one attached hydrogen (secondary N) is 1. The molecule has 3 aliphatic rings. The Morgan fingerprint density at radius 1 is 1.00 bits per heavy atom. The summed E-state index contributed by atoms with van der Waals surface area (Å²) in [7, 11) is 0. The minimum Gasteiger partial charge on any atom is -0.352 e. The van der Waals surface area contributed by atoms with Crippen LogP contribution in [0, 0.1) is 0 Å². The van der Waals surface area contributed by atoms with E-state index in [1.54, 1.807) is 18.3 Å². The lowest BCUT2D eigenvalue weighted by Crippen LogP contribution is -2.38. The molecule has 1 N–H and O–H groups in total. The lowest BCUT2D eigenvalue weighted by atomic mass is 10.1. The van der Waals surface area contributed by atoms with Crippen molar-refractivity contribution < 1.29 is 4.79 Å². The highest BCUT2D eigenvalue weighted by molar-refractivity contribution is 6.04. The van der Waals surface area contributed by atoms with Crippen LogP contribution in [0.3, 0.4) is 0 Å². The average molecular weight is 359 g/mol. The van der Waals surface area contributed by atoms with Gasteiger partial charge in [0.05, 0.1) is 11.9 Å². The third-order valence-electron chi connectivity index (χ3n) is 4.99. The summed E-state index contributed by atoms with van der Waals surface area (Å²) in [5, 5.41) is 2.91. The number of halogens is 1. The Labute approximate surface area is 154 Å². The van der Waals surface area contributed by atoms with Crippen molar-refractivity contribution in [3.8, 4) is 0 Å². The minimum absolute atomic E-state index is 0. The van der Waals surface area contributed by atoms with E-state index in [0.717, 1.165) is 24.6 Å². The van der Waals surface area contributed by atoms with Gasteiger partial charge in [0.15, 0.2) is 0 Å². The number of anilines is 2. The Balaban J connectivity index is 0.00000182. The van der Waals surface area contributed by atoms with Gasteiger partial charge in [0.2, 0.25) is 0 Å². The fourth-order valence-corrected chi connectivity index (χ4v) is 3.61. The third-order valence-corrected chi connectivity index (χ3v) is 4.99. The van der Waals surface area contributed by atoms with Crippen LogP contribution in [0.1, 0.15) is 23.2 Å². The van der Waals surface area contributed by atoms with Gasteiger partial charge < -0.3 is 15.1 Å². The number of fused-ring (bicyclic) bond motifs is 4. The molecule has 2 aromatic rings. The monoisotopic (exact) mass is 358 g/mol. The van der Waals surface area contributed by atoms with Crippen molar-refractivity contribution >= 4 is 29.8 Å². The lowest BCUT2D eigenvalue weighted by Gasteiger charge is -2.32. The molecule has 1 aromatic heterocycles. The molecule has 0 radical (unpaired) electrons. The van der Waals surface area contributed by atoms with E-state index in [-0.39, 0.29) is 18.3 Å². The molecular formula is C19H23ClN4O. The summed E-state index contributed by atoms with van der Waals surface area (Å²) in [6, 6.07) is 13.8. The van der Waals surface area contributed by atoms with Crippen LogP contribution in [0.25, 0.3) is 0 Å². The molecule has 25 heavy (non-hydrogen) atoms. The Hall–Kier alpha value is -2.11. The molecule has 1 amide bonds. The summed E-state index contributed by atoms with van der Waals surface area (Å²) in [5.74, 6) is 0.910. The molecule has 5 nitrogen and oxygen atoms in total. The zero-order chi connectivity index (χ0) is 16.4. The Morgan fingerprint density at radius 3 is 2.44 bits per heavy atom. The number of hydrogen-bond acceptors (Lipinski definition) is 4. The molecule has 2 bridgehead atoms. The highest BCUT2D eigenvalue weighted by atomic mass is 35.5. The van der Waals surface area contributed by atoms with Crippen molar-refractivity contribution in [1.82, 2.24) is 9.88 Å². The van der Waals surface area contributed by atoms with Gasteiger partial charge in [-0.1, -0.05) is 18.2 Å². The van der Waals surface area contributed by atoms with E-state index in [9.17, 15) is 4.79 Å². The molecule has 0 atom stereocenters. The molecule has 0 saturated carbocycles. The Kier molecular flexibility index (Phi) is 5.56. The molecule has 132 valence electrons. The van der Waals surface area contributed by atoms with Crippen LogP contribution in [0.2, 0.25) is 0 Å². The normalized spacial score (nSPS) is 22.0. The molecular weight excluding hydrogens is 336 g/mol. The number of benzene rings is 1. The van der Waals surface area contributed by atoms with E-state index in [2.05, 4.69) is 20.1 Å². The summed E-state index contributed by atoms with van der Waals surface area (Å²) in [6.45, 7) is 4.55. The van der Waals surface area contributed by atoms with Gasteiger partial charge >= 0.3 is 0 Å². The Bertz CT molecular complexity index is 699. The van der Waals surface area contributed by atoms with Crippen LogP contribution in [0.15, 0.2) is 48.7 Å². The topological polar surface area (TPSA) is 48.5 Å².